The fourth-order valence-corrected chi connectivity index (χ4v) is 2.59. The van der Waals surface area contributed by atoms with Crippen molar-refractivity contribution in [1.29, 1.82) is 5.26 Å². The number of nitrogens with zero attached hydrogens (tertiary/aromatic N) is 2. The van der Waals surface area contributed by atoms with E-state index in [1.807, 2.05) is 18.2 Å². The number of carbonyl (C=O) groups is 1. The average Bonchev–Trinajstić information content (AvgIpc) is 2.65. The maximum atomic E-state index is 12.5. The Bertz CT molecular complexity index is 1050. The number of amides is 1. The van der Waals surface area contributed by atoms with Gasteiger partial charge in [-0.2, -0.15) is 5.26 Å². The molecule has 0 saturated carbocycles. The molecule has 0 spiro atoms. The highest BCUT2D eigenvalue weighted by Crippen LogP contribution is 2.15. The summed E-state index contributed by atoms with van der Waals surface area (Å²) in [6.07, 6.45) is 1.50. The smallest absolute Gasteiger partial charge is 0.257 e. The maximum Gasteiger partial charge on any atom is 0.257 e. The van der Waals surface area contributed by atoms with Crippen LogP contribution in [0.2, 0.25) is 5.02 Å². The van der Waals surface area contributed by atoms with Gasteiger partial charge in [-0.1, -0.05) is 35.9 Å². The minimum absolute atomic E-state index is 0.214. The number of benzene rings is 2. The fourth-order valence-electron chi connectivity index (χ4n) is 2.46. The Balaban J connectivity index is 1.84. The van der Waals surface area contributed by atoms with Crippen LogP contribution in [0.1, 0.15) is 21.5 Å². The summed E-state index contributed by atoms with van der Waals surface area (Å²) in [4.78, 5) is 24.6. The van der Waals surface area contributed by atoms with Gasteiger partial charge in [0.15, 0.2) is 0 Å². The molecule has 1 heterocycles. The molecule has 0 bridgehead atoms. The zero-order valence-corrected chi connectivity index (χ0v) is 14.4. The second-order valence-electron chi connectivity index (χ2n) is 5.62. The standard InChI is InChI=1S/C20H14ClN3O2/c21-17-8-5-14(6-9-17)12-24-13-16(7-10-19(24)25)20(26)23-18-4-2-1-3-15(18)11-22/h1-10,13H,12H2,(H,23,26). The Hall–Kier alpha value is -3.36. The lowest BCUT2D eigenvalue weighted by molar-refractivity contribution is 0.102. The summed E-state index contributed by atoms with van der Waals surface area (Å²) in [6.45, 7) is 0.325. The summed E-state index contributed by atoms with van der Waals surface area (Å²) >= 11 is 5.87. The van der Waals surface area contributed by atoms with E-state index >= 15 is 0 Å². The van der Waals surface area contributed by atoms with Crippen molar-refractivity contribution in [3.8, 4) is 6.07 Å². The van der Waals surface area contributed by atoms with Crippen molar-refractivity contribution in [3.05, 3.63) is 98.9 Å². The van der Waals surface area contributed by atoms with Crippen molar-refractivity contribution >= 4 is 23.2 Å². The summed E-state index contributed by atoms with van der Waals surface area (Å²) in [5.74, 6) is -0.391. The molecular weight excluding hydrogens is 350 g/mol. The Kier molecular flexibility index (Phi) is 5.16. The summed E-state index contributed by atoms with van der Waals surface area (Å²) in [5, 5.41) is 12.4. The SMILES string of the molecule is N#Cc1ccccc1NC(=O)c1ccc(=O)n(Cc2ccc(Cl)cc2)c1. The largest absolute Gasteiger partial charge is 0.321 e. The van der Waals surface area contributed by atoms with Gasteiger partial charge in [-0.15, -0.1) is 0 Å². The first kappa shape index (κ1) is 17.5. The van der Waals surface area contributed by atoms with E-state index in [0.29, 0.717) is 28.4 Å². The molecule has 3 rings (SSSR count). The monoisotopic (exact) mass is 363 g/mol. The van der Waals surface area contributed by atoms with E-state index in [0.717, 1.165) is 5.56 Å². The molecule has 0 atom stereocenters. The van der Waals surface area contributed by atoms with Crippen LogP contribution in [0, 0.1) is 11.3 Å². The number of rotatable bonds is 4. The summed E-state index contributed by atoms with van der Waals surface area (Å²) in [6, 6.07) is 18.7. The molecule has 3 aromatic rings. The summed E-state index contributed by atoms with van der Waals surface area (Å²) in [7, 11) is 0. The van der Waals surface area contributed by atoms with Crippen molar-refractivity contribution in [3.63, 3.8) is 0 Å². The van der Waals surface area contributed by atoms with Gasteiger partial charge in [0.2, 0.25) is 0 Å². The third kappa shape index (κ3) is 4.00. The first-order chi connectivity index (χ1) is 12.6. The van der Waals surface area contributed by atoms with Gasteiger partial charge in [0, 0.05) is 17.3 Å². The van der Waals surface area contributed by atoms with Crippen LogP contribution >= 0.6 is 11.6 Å². The molecule has 0 radical (unpaired) electrons. The zero-order valence-electron chi connectivity index (χ0n) is 13.6. The topological polar surface area (TPSA) is 74.9 Å². The molecule has 1 amide bonds. The van der Waals surface area contributed by atoms with Crippen molar-refractivity contribution in [2.24, 2.45) is 0 Å². The van der Waals surface area contributed by atoms with Crippen LogP contribution in [0.15, 0.2) is 71.7 Å². The average molecular weight is 364 g/mol. The molecule has 0 fully saturated rings. The van der Waals surface area contributed by atoms with Gasteiger partial charge >= 0.3 is 0 Å². The quantitative estimate of drug-likeness (QED) is 0.768. The third-order valence-corrected chi connectivity index (χ3v) is 4.06. The number of carbonyl (C=O) groups excluding carboxylic acids is 1. The number of halogens is 1. The van der Waals surface area contributed by atoms with Crippen LogP contribution < -0.4 is 10.9 Å². The van der Waals surface area contributed by atoms with Gasteiger partial charge in [0.05, 0.1) is 23.4 Å². The van der Waals surface area contributed by atoms with Gasteiger partial charge in [0.1, 0.15) is 6.07 Å². The molecule has 2 aromatic carbocycles. The van der Waals surface area contributed by atoms with Crippen molar-refractivity contribution in [2.45, 2.75) is 6.54 Å². The number of aromatic nitrogens is 1. The molecule has 5 nitrogen and oxygen atoms in total. The highest BCUT2D eigenvalue weighted by Gasteiger charge is 2.10. The third-order valence-electron chi connectivity index (χ3n) is 3.81. The second-order valence-corrected chi connectivity index (χ2v) is 6.06. The highest BCUT2D eigenvalue weighted by molar-refractivity contribution is 6.30. The number of hydrogen-bond acceptors (Lipinski definition) is 3. The number of hydrogen-bond donors (Lipinski definition) is 1. The lowest BCUT2D eigenvalue weighted by Gasteiger charge is -2.10. The normalized spacial score (nSPS) is 10.2. The van der Waals surface area contributed by atoms with Crippen molar-refractivity contribution in [1.82, 2.24) is 4.57 Å². The lowest BCUT2D eigenvalue weighted by atomic mass is 10.1. The predicted molar refractivity (Wildman–Crippen MR) is 100 cm³/mol. The molecule has 6 heteroatoms. The first-order valence-electron chi connectivity index (χ1n) is 7.82. The first-order valence-corrected chi connectivity index (χ1v) is 8.20. The molecule has 0 aliphatic carbocycles. The molecule has 26 heavy (non-hydrogen) atoms. The fraction of sp³-hybridized carbons (Fsp3) is 0.0500. The highest BCUT2D eigenvalue weighted by atomic mass is 35.5. The molecule has 0 aliphatic rings. The second kappa shape index (κ2) is 7.68. The number of anilines is 1. The van der Waals surface area contributed by atoms with E-state index in [9.17, 15) is 9.59 Å². The van der Waals surface area contributed by atoms with Gasteiger partial charge in [-0.05, 0) is 35.9 Å². The number of nitrogens with one attached hydrogen (secondary N) is 1. The van der Waals surface area contributed by atoms with Gasteiger partial charge in [0.25, 0.3) is 11.5 Å². The van der Waals surface area contributed by atoms with Crippen LogP contribution in [0.4, 0.5) is 5.69 Å². The molecular formula is C20H14ClN3O2. The Morgan fingerprint density at radius 2 is 1.81 bits per heavy atom. The minimum Gasteiger partial charge on any atom is -0.321 e. The Morgan fingerprint density at radius 1 is 1.08 bits per heavy atom. The van der Waals surface area contributed by atoms with E-state index in [1.165, 1.54) is 22.9 Å². The predicted octanol–water partition coefficient (Wildman–Crippen LogP) is 3.67. The molecule has 0 saturated heterocycles. The molecule has 0 aliphatic heterocycles. The lowest BCUT2D eigenvalue weighted by Crippen LogP contribution is -2.22. The van der Waals surface area contributed by atoms with Gasteiger partial charge in [-0.3, -0.25) is 9.59 Å². The van der Waals surface area contributed by atoms with Gasteiger partial charge in [-0.25, -0.2) is 0 Å². The van der Waals surface area contributed by atoms with Crippen LogP contribution in [-0.4, -0.2) is 10.5 Å². The van der Waals surface area contributed by atoms with Crippen LogP contribution in [0.3, 0.4) is 0 Å². The summed E-state index contributed by atoms with van der Waals surface area (Å²) in [5.41, 5.74) is 1.80. The van der Waals surface area contributed by atoms with Crippen molar-refractivity contribution < 1.29 is 4.79 Å². The zero-order chi connectivity index (χ0) is 18.5. The van der Waals surface area contributed by atoms with E-state index in [4.69, 9.17) is 16.9 Å². The van der Waals surface area contributed by atoms with E-state index < -0.39 is 5.91 Å². The Morgan fingerprint density at radius 3 is 2.54 bits per heavy atom. The van der Waals surface area contributed by atoms with Crippen molar-refractivity contribution in [2.75, 3.05) is 5.32 Å². The van der Waals surface area contributed by atoms with Crippen LogP contribution in [0.25, 0.3) is 0 Å². The maximum absolute atomic E-state index is 12.5. The van der Waals surface area contributed by atoms with E-state index in [2.05, 4.69) is 5.32 Å². The Labute approximate surface area is 155 Å². The van der Waals surface area contributed by atoms with E-state index in [-0.39, 0.29) is 5.56 Å². The molecule has 128 valence electrons. The minimum atomic E-state index is -0.391. The van der Waals surface area contributed by atoms with E-state index in [1.54, 1.807) is 36.4 Å². The van der Waals surface area contributed by atoms with Gasteiger partial charge < -0.3 is 9.88 Å². The number of para-hydroxylation sites is 1. The number of pyridine rings is 1. The molecule has 1 aromatic heterocycles. The molecule has 0 unspecified atom stereocenters. The number of nitriles is 1. The van der Waals surface area contributed by atoms with Crippen LogP contribution in [0.5, 0.6) is 0 Å². The summed E-state index contributed by atoms with van der Waals surface area (Å²) < 4.78 is 1.45. The molecule has 1 N–H and O–H groups in total. The van der Waals surface area contributed by atoms with Crippen LogP contribution in [-0.2, 0) is 6.54 Å².